The van der Waals surface area contributed by atoms with E-state index in [1.165, 1.54) is 7.11 Å². The molecule has 0 saturated carbocycles. The Morgan fingerprint density at radius 2 is 1.66 bits per heavy atom. The molecule has 0 amide bonds. The summed E-state index contributed by atoms with van der Waals surface area (Å²) in [5, 5.41) is 2.22. The number of fused-ring (bicyclic) bond motifs is 1. The molecule has 0 aliphatic rings. The second-order valence-electron chi connectivity index (χ2n) is 6.72. The molecule has 0 unspecified atom stereocenters. The van der Waals surface area contributed by atoms with Crippen LogP contribution in [0.5, 0.6) is 5.75 Å². The monoisotopic (exact) mass is 383 g/mol. The maximum Gasteiger partial charge on any atom is 0.339 e. The fourth-order valence-corrected chi connectivity index (χ4v) is 3.42. The first-order valence-corrected chi connectivity index (χ1v) is 9.34. The van der Waals surface area contributed by atoms with E-state index >= 15 is 0 Å². The van der Waals surface area contributed by atoms with Gasteiger partial charge in [0.25, 0.3) is 0 Å². The highest BCUT2D eigenvalue weighted by molar-refractivity contribution is 5.96. The summed E-state index contributed by atoms with van der Waals surface area (Å²) in [6.07, 6.45) is 0. The van der Waals surface area contributed by atoms with E-state index in [1.807, 2.05) is 54.6 Å². The molecule has 0 aliphatic carbocycles. The van der Waals surface area contributed by atoms with Gasteiger partial charge in [0, 0.05) is 11.1 Å². The molecule has 0 heterocycles. The van der Waals surface area contributed by atoms with Crippen LogP contribution < -0.4 is 10.5 Å². The van der Waals surface area contributed by atoms with Gasteiger partial charge in [0.2, 0.25) is 0 Å². The smallest absolute Gasteiger partial charge is 0.339 e. The van der Waals surface area contributed by atoms with Crippen molar-refractivity contribution in [3.05, 3.63) is 96.1 Å². The lowest BCUT2D eigenvalue weighted by atomic mass is 9.97. The van der Waals surface area contributed by atoms with Gasteiger partial charge >= 0.3 is 5.97 Å². The molecular weight excluding hydrogens is 362 g/mol. The molecule has 4 aromatic carbocycles. The minimum absolute atomic E-state index is 0.356. The van der Waals surface area contributed by atoms with Gasteiger partial charge in [0.15, 0.2) is 0 Å². The average Bonchev–Trinajstić information content (AvgIpc) is 2.77. The summed E-state index contributed by atoms with van der Waals surface area (Å²) >= 11 is 0. The first-order chi connectivity index (χ1) is 14.2. The van der Waals surface area contributed by atoms with Crippen LogP contribution in [0.2, 0.25) is 0 Å². The van der Waals surface area contributed by atoms with Gasteiger partial charge in [-0.15, -0.1) is 0 Å². The van der Waals surface area contributed by atoms with Gasteiger partial charge in [-0.25, -0.2) is 4.79 Å². The Kier molecular flexibility index (Phi) is 5.16. The fraction of sp³-hybridized carbons (Fsp3) is 0.0800. The molecule has 0 saturated heterocycles. The van der Waals surface area contributed by atoms with E-state index in [-0.39, 0.29) is 0 Å². The number of ether oxygens (including phenoxy) is 2. The van der Waals surface area contributed by atoms with Crippen molar-refractivity contribution in [1.82, 2.24) is 0 Å². The number of methoxy groups -OCH3 is 1. The van der Waals surface area contributed by atoms with Crippen LogP contribution in [0.25, 0.3) is 21.9 Å². The highest BCUT2D eigenvalue weighted by atomic mass is 16.5. The second kappa shape index (κ2) is 8.07. The lowest BCUT2D eigenvalue weighted by Gasteiger charge is -2.14. The number of esters is 1. The largest absolute Gasteiger partial charge is 0.488 e. The van der Waals surface area contributed by atoms with Gasteiger partial charge in [0.05, 0.1) is 12.7 Å². The first-order valence-electron chi connectivity index (χ1n) is 9.34. The molecule has 0 bridgehead atoms. The molecule has 4 heteroatoms. The molecule has 0 spiro atoms. The third kappa shape index (κ3) is 3.78. The average molecular weight is 383 g/mol. The Morgan fingerprint density at radius 3 is 2.52 bits per heavy atom. The molecule has 2 N–H and O–H groups in total. The Bertz CT molecular complexity index is 1180. The molecule has 4 nitrogen and oxygen atoms in total. The molecule has 0 radical (unpaired) electrons. The standard InChI is InChI=1S/C25H21NO3/c1-28-25(27)22-15-18(13-14-23(22)26)20-10-4-3-8-19(20)16-29-24-12-6-9-17-7-2-5-11-21(17)24/h2-15H,16,26H2,1H3. The summed E-state index contributed by atoms with van der Waals surface area (Å²) in [4.78, 5) is 12.0. The van der Waals surface area contributed by atoms with Gasteiger partial charge in [-0.05, 0) is 40.3 Å². The van der Waals surface area contributed by atoms with Gasteiger partial charge in [-0.1, -0.05) is 66.7 Å². The van der Waals surface area contributed by atoms with Crippen LogP contribution in [0, 0.1) is 0 Å². The lowest BCUT2D eigenvalue weighted by molar-refractivity contribution is 0.0602. The quantitative estimate of drug-likeness (QED) is 0.367. The molecule has 29 heavy (non-hydrogen) atoms. The Morgan fingerprint density at radius 1 is 0.897 bits per heavy atom. The fourth-order valence-electron chi connectivity index (χ4n) is 3.42. The van der Waals surface area contributed by atoms with E-state index in [4.69, 9.17) is 15.2 Å². The molecule has 4 aromatic rings. The van der Waals surface area contributed by atoms with Gasteiger partial charge in [-0.2, -0.15) is 0 Å². The summed E-state index contributed by atoms with van der Waals surface area (Å²) in [5.41, 5.74) is 9.58. The van der Waals surface area contributed by atoms with Crippen molar-refractivity contribution in [2.24, 2.45) is 0 Å². The van der Waals surface area contributed by atoms with E-state index in [2.05, 4.69) is 18.2 Å². The SMILES string of the molecule is COC(=O)c1cc(-c2ccccc2COc2cccc3ccccc23)ccc1N. The maximum atomic E-state index is 12.0. The van der Waals surface area contributed by atoms with Crippen molar-refractivity contribution in [1.29, 1.82) is 0 Å². The van der Waals surface area contributed by atoms with E-state index in [0.717, 1.165) is 33.2 Å². The van der Waals surface area contributed by atoms with Crippen LogP contribution in [-0.2, 0) is 11.3 Å². The van der Waals surface area contributed by atoms with Crippen molar-refractivity contribution in [3.63, 3.8) is 0 Å². The molecule has 0 atom stereocenters. The highest BCUT2D eigenvalue weighted by Crippen LogP contribution is 2.30. The zero-order valence-electron chi connectivity index (χ0n) is 16.1. The van der Waals surface area contributed by atoms with Crippen LogP contribution in [0.1, 0.15) is 15.9 Å². The zero-order chi connectivity index (χ0) is 20.2. The highest BCUT2D eigenvalue weighted by Gasteiger charge is 2.13. The number of carbonyl (C=O) groups is 1. The molecule has 144 valence electrons. The van der Waals surface area contributed by atoms with Gasteiger partial charge in [-0.3, -0.25) is 0 Å². The Balaban J connectivity index is 1.67. The number of benzene rings is 4. The molecular formula is C25H21NO3. The number of hydrogen-bond donors (Lipinski definition) is 1. The number of carbonyl (C=O) groups excluding carboxylic acids is 1. The number of hydrogen-bond acceptors (Lipinski definition) is 4. The first kappa shape index (κ1) is 18.6. The van der Waals surface area contributed by atoms with Gasteiger partial charge < -0.3 is 15.2 Å². The van der Waals surface area contributed by atoms with Gasteiger partial charge in [0.1, 0.15) is 12.4 Å². The lowest BCUT2D eigenvalue weighted by Crippen LogP contribution is -2.06. The summed E-state index contributed by atoms with van der Waals surface area (Å²) in [7, 11) is 1.35. The molecule has 4 rings (SSSR count). The third-order valence-corrected chi connectivity index (χ3v) is 4.92. The zero-order valence-corrected chi connectivity index (χ0v) is 16.1. The summed E-state index contributed by atoms with van der Waals surface area (Å²) in [5.74, 6) is 0.388. The van der Waals surface area contributed by atoms with Crippen molar-refractivity contribution in [2.45, 2.75) is 6.61 Å². The van der Waals surface area contributed by atoms with E-state index in [9.17, 15) is 4.79 Å². The Hall–Kier alpha value is -3.79. The van der Waals surface area contributed by atoms with Crippen molar-refractivity contribution in [2.75, 3.05) is 12.8 Å². The van der Waals surface area contributed by atoms with E-state index < -0.39 is 5.97 Å². The minimum atomic E-state index is -0.450. The number of nitrogen functional groups attached to an aromatic ring is 1. The molecule has 0 aromatic heterocycles. The van der Waals surface area contributed by atoms with Crippen LogP contribution in [0.4, 0.5) is 5.69 Å². The number of nitrogens with two attached hydrogens (primary N) is 1. The van der Waals surface area contributed by atoms with Crippen LogP contribution >= 0.6 is 0 Å². The van der Waals surface area contributed by atoms with Crippen LogP contribution in [-0.4, -0.2) is 13.1 Å². The topological polar surface area (TPSA) is 61.5 Å². The predicted octanol–water partition coefficient (Wildman–Crippen LogP) is 5.45. The second-order valence-corrected chi connectivity index (χ2v) is 6.72. The molecule has 0 fully saturated rings. The van der Waals surface area contributed by atoms with Crippen LogP contribution in [0.3, 0.4) is 0 Å². The third-order valence-electron chi connectivity index (χ3n) is 4.92. The number of rotatable bonds is 5. The summed E-state index contributed by atoms with van der Waals surface area (Å²) in [6, 6.07) is 27.5. The number of anilines is 1. The van der Waals surface area contributed by atoms with E-state index in [1.54, 1.807) is 12.1 Å². The predicted molar refractivity (Wildman–Crippen MR) is 116 cm³/mol. The van der Waals surface area contributed by atoms with E-state index in [0.29, 0.717) is 17.9 Å². The summed E-state index contributed by atoms with van der Waals surface area (Å²) < 4.78 is 11.0. The molecule has 0 aliphatic heterocycles. The van der Waals surface area contributed by atoms with Crippen LogP contribution in [0.15, 0.2) is 84.9 Å². The maximum absolute atomic E-state index is 12.0. The Labute approximate surface area is 169 Å². The normalized spacial score (nSPS) is 10.7. The summed E-state index contributed by atoms with van der Waals surface area (Å²) in [6.45, 7) is 0.405. The minimum Gasteiger partial charge on any atom is -0.488 e. The van der Waals surface area contributed by atoms with Crippen molar-refractivity contribution in [3.8, 4) is 16.9 Å². The van der Waals surface area contributed by atoms with Crippen molar-refractivity contribution < 1.29 is 14.3 Å². The van der Waals surface area contributed by atoms with Crippen molar-refractivity contribution >= 4 is 22.4 Å².